The second-order valence-corrected chi connectivity index (χ2v) is 10.5. The minimum absolute atomic E-state index is 0.519. The van der Waals surface area contributed by atoms with Crippen molar-refractivity contribution in [3.8, 4) is 0 Å². The topological polar surface area (TPSA) is 113 Å². The van der Waals surface area contributed by atoms with E-state index in [-0.39, 0.29) is 0 Å². The number of carboxylic acids is 1. The van der Waals surface area contributed by atoms with Gasteiger partial charge in [-0.1, -0.05) is 7.60 Å². The molecule has 0 saturated carbocycles. The molecule has 0 bridgehead atoms. The molecular weight excluding hydrogens is 297 g/mol. The summed E-state index contributed by atoms with van der Waals surface area (Å²) < 4.78 is 9.83. The van der Waals surface area contributed by atoms with Crippen LogP contribution in [0.15, 0.2) is 0 Å². The largest absolute Gasteiger partial charge is 0.810 e. The molecule has 9 heteroatoms. The van der Waals surface area contributed by atoms with E-state index >= 15 is 0 Å². The molecular formula is C9H24NO5PS2. The van der Waals surface area contributed by atoms with E-state index in [1.165, 1.54) is 0 Å². The SMILES string of the molecule is C[S+](C)C.C[S+](C)C.O=C(O)CNCP(=O)([O-])[O-]. The number of hydrogen-bond acceptors (Lipinski definition) is 5. The van der Waals surface area contributed by atoms with E-state index in [1.54, 1.807) is 0 Å². The quantitative estimate of drug-likeness (QED) is 0.482. The fourth-order valence-electron chi connectivity index (χ4n) is 0.300. The Morgan fingerprint density at radius 1 is 1.11 bits per heavy atom. The van der Waals surface area contributed by atoms with Crippen LogP contribution in [-0.4, -0.2) is 61.4 Å². The molecule has 0 amide bonds. The minimum Gasteiger partial charge on any atom is -0.810 e. The van der Waals surface area contributed by atoms with Crippen molar-refractivity contribution in [2.75, 3.05) is 50.4 Å². The molecule has 0 fully saturated rings. The highest BCUT2D eigenvalue weighted by atomic mass is 32.2. The number of rotatable bonds is 4. The second kappa shape index (κ2) is 13.7. The normalized spacial score (nSPS) is 10.3. The molecule has 2 N–H and O–H groups in total. The highest BCUT2D eigenvalue weighted by Crippen LogP contribution is 2.18. The van der Waals surface area contributed by atoms with Crippen LogP contribution in [0.2, 0.25) is 0 Å². The highest BCUT2D eigenvalue weighted by Gasteiger charge is 1.95. The lowest BCUT2D eigenvalue weighted by atomic mass is 10.7. The predicted octanol–water partition coefficient (Wildman–Crippen LogP) is -1.48. The standard InChI is InChI=1S/C3H8NO5P.2C3H9S/c5-3(6)1-4-2-10(7,8)9;2*1-4(2)3/h4H,1-2H2,(H,5,6)(H2,7,8,9);2*1-3H3/q;2*+1/p-2. The van der Waals surface area contributed by atoms with Crippen LogP contribution in [0.5, 0.6) is 0 Å². The maximum absolute atomic E-state index is 9.83. The van der Waals surface area contributed by atoms with Crippen molar-refractivity contribution in [1.29, 1.82) is 0 Å². The van der Waals surface area contributed by atoms with Crippen LogP contribution < -0.4 is 15.1 Å². The lowest BCUT2D eigenvalue weighted by Gasteiger charge is -2.28. The summed E-state index contributed by atoms with van der Waals surface area (Å²) in [7, 11) is -3.32. The molecule has 0 spiro atoms. The van der Waals surface area contributed by atoms with Gasteiger partial charge in [0.05, 0.1) is 44.1 Å². The number of carboxylic acid groups (broad SMARTS) is 1. The van der Waals surface area contributed by atoms with Gasteiger partial charge in [-0.3, -0.25) is 4.79 Å². The maximum Gasteiger partial charge on any atom is 0.317 e. The van der Waals surface area contributed by atoms with Crippen LogP contribution in [0.3, 0.4) is 0 Å². The Morgan fingerprint density at radius 3 is 1.56 bits per heavy atom. The first-order chi connectivity index (χ1) is 7.88. The Labute approximate surface area is 115 Å². The Balaban J connectivity index is -0.000000233. The zero-order valence-corrected chi connectivity index (χ0v) is 14.3. The Morgan fingerprint density at radius 2 is 1.39 bits per heavy atom. The minimum atomic E-state index is -4.60. The molecule has 0 rings (SSSR count). The van der Waals surface area contributed by atoms with Crippen LogP contribution in [0.4, 0.5) is 0 Å². The molecule has 0 atom stereocenters. The van der Waals surface area contributed by atoms with E-state index in [4.69, 9.17) is 5.11 Å². The highest BCUT2D eigenvalue weighted by molar-refractivity contribution is 7.95. The lowest BCUT2D eigenvalue weighted by Crippen LogP contribution is -2.30. The second-order valence-electron chi connectivity index (χ2n) is 4.04. The predicted molar refractivity (Wildman–Crippen MR) is 78.4 cm³/mol. The summed E-state index contributed by atoms with van der Waals surface area (Å²) in [5, 5.41) is 9.89. The van der Waals surface area contributed by atoms with Crippen molar-refractivity contribution in [2.24, 2.45) is 0 Å². The Bertz CT molecular complexity index is 234. The van der Waals surface area contributed by atoms with Gasteiger partial charge in [-0.25, -0.2) is 0 Å². The van der Waals surface area contributed by atoms with Crippen molar-refractivity contribution in [2.45, 2.75) is 0 Å². The van der Waals surface area contributed by atoms with Gasteiger partial charge in [0, 0.05) is 6.29 Å². The van der Waals surface area contributed by atoms with Gasteiger partial charge in [-0.05, 0) is 21.8 Å². The summed E-state index contributed by atoms with van der Waals surface area (Å²) in [6.07, 6.45) is 12.3. The maximum atomic E-state index is 9.83. The molecule has 18 heavy (non-hydrogen) atoms. The fourth-order valence-corrected chi connectivity index (χ4v) is 0.685. The Hall–Kier alpha value is 0.280. The van der Waals surface area contributed by atoms with Gasteiger partial charge in [0.1, 0.15) is 0 Å². The molecule has 0 aromatic rings. The first kappa shape index (κ1) is 23.4. The molecule has 0 aliphatic carbocycles. The van der Waals surface area contributed by atoms with Crippen LogP contribution in [-0.2, 0) is 31.1 Å². The van der Waals surface area contributed by atoms with Crippen molar-refractivity contribution in [3.63, 3.8) is 0 Å². The van der Waals surface area contributed by atoms with Crippen LogP contribution in [0, 0.1) is 0 Å². The molecule has 112 valence electrons. The molecule has 0 aromatic carbocycles. The van der Waals surface area contributed by atoms with Crippen LogP contribution in [0.1, 0.15) is 0 Å². The number of aliphatic carboxylic acids is 1. The molecule has 0 heterocycles. The smallest absolute Gasteiger partial charge is 0.317 e. The molecule has 6 nitrogen and oxygen atoms in total. The van der Waals surface area contributed by atoms with Crippen LogP contribution in [0.25, 0.3) is 0 Å². The van der Waals surface area contributed by atoms with Crippen molar-refractivity contribution in [3.05, 3.63) is 0 Å². The fraction of sp³-hybridized carbons (Fsp3) is 0.889. The van der Waals surface area contributed by atoms with E-state index in [0.717, 1.165) is 0 Å². The number of hydrogen-bond donors (Lipinski definition) is 2. The summed E-state index contributed by atoms with van der Waals surface area (Å²) >= 11 is 0. The summed E-state index contributed by atoms with van der Waals surface area (Å²) in [5.41, 5.74) is 0. The van der Waals surface area contributed by atoms with Gasteiger partial charge in [0.2, 0.25) is 0 Å². The van der Waals surface area contributed by atoms with E-state index in [1.807, 2.05) is 5.32 Å². The number of carbonyl (C=O) groups is 1. The first-order valence-electron chi connectivity index (χ1n) is 4.80. The van der Waals surface area contributed by atoms with E-state index in [2.05, 4.69) is 37.5 Å². The number of nitrogens with one attached hydrogen (secondary N) is 1. The monoisotopic (exact) mass is 321 g/mol. The summed E-state index contributed by atoms with van der Waals surface area (Å²) in [6.45, 7) is -0.519. The molecule has 0 saturated heterocycles. The van der Waals surface area contributed by atoms with Crippen molar-refractivity contribution < 1.29 is 24.3 Å². The summed E-state index contributed by atoms with van der Waals surface area (Å²) in [4.78, 5) is 29.4. The zero-order chi connectivity index (χ0) is 15.4. The van der Waals surface area contributed by atoms with Crippen LogP contribution >= 0.6 is 7.60 Å². The third kappa shape index (κ3) is 71.7. The summed E-state index contributed by atoms with van der Waals surface area (Å²) in [6, 6.07) is 0. The zero-order valence-electron chi connectivity index (χ0n) is 11.8. The van der Waals surface area contributed by atoms with Gasteiger partial charge in [-0.15, -0.1) is 0 Å². The van der Waals surface area contributed by atoms with Crippen molar-refractivity contribution in [1.82, 2.24) is 5.32 Å². The average Bonchev–Trinajstić information content (AvgIpc) is 1.96. The third-order valence-electron chi connectivity index (χ3n) is 0.582. The summed E-state index contributed by atoms with van der Waals surface area (Å²) in [5.74, 6) is -1.20. The van der Waals surface area contributed by atoms with Gasteiger partial charge in [-0.2, -0.15) is 0 Å². The third-order valence-corrected chi connectivity index (χ3v) is 1.19. The average molecular weight is 321 g/mol. The first-order valence-corrected chi connectivity index (χ1v) is 11.4. The van der Waals surface area contributed by atoms with E-state index < -0.39 is 26.4 Å². The molecule has 0 aliphatic heterocycles. The van der Waals surface area contributed by atoms with Gasteiger partial charge >= 0.3 is 5.97 Å². The van der Waals surface area contributed by atoms with Gasteiger partial charge in [0.25, 0.3) is 0 Å². The van der Waals surface area contributed by atoms with Gasteiger partial charge in [0.15, 0.2) is 0 Å². The molecule has 0 unspecified atom stereocenters. The van der Waals surface area contributed by atoms with E-state index in [9.17, 15) is 19.1 Å². The van der Waals surface area contributed by atoms with E-state index in [0.29, 0.717) is 21.8 Å². The molecule has 0 aliphatic rings. The lowest BCUT2D eigenvalue weighted by molar-refractivity contribution is -0.313. The van der Waals surface area contributed by atoms with Crippen molar-refractivity contribution >= 4 is 35.4 Å². The Kier molecular flexibility index (Phi) is 17.8. The molecule has 0 radical (unpaired) electrons. The molecule has 0 aromatic heterocycles. The van der Waals surface area contributed by atoms with Gasteiger partial charge < -0.3 is 24.8 Å².